The van der Waals surface area contributed by atoms with E-state index in [1.165, 1.54) is 18.2 Å². The van der Waals surface area contributed by atoms with Gasteiger partial charge in [-0.3, -0.25) is 0 Å². The van der Waals surface area contributed by atoms with Gasteiger partial charge >= 0.3 is 16.5 Å². The predicted octanol–water partition coefficient (Wildman–Crippen LogP) is 6.18. The summed E-state index contributed by atoms with van der Waals surface area (Å²) in [6, 6.07) is 9.90. The average Bonchev–Trinajstić information content (AvgIpc) is 2.84. The molecule has 208 valence electrons. The van der Waals surface area contributed by atoms with E-state index in [1.54, 1.807) is 18.5 Å². The summed E-state index contributed by atoms with van der Waals surface area (Å²) >= 11 is 0. The molecule has 0 bridgehead atoms. The van der Waals surface area contributed by atoms with Crippen LogP contribution in [0.25, 0.3) is 0 Å². The maximum Gasteiger partial charge on any atom is 2.00 e. The number of benzene rings is 2. The fourth-order valence-corrected chi connectivity index (χ4v) is 4.11. The van der Waals surface area contributed by atoms with E-state index in [4.69, 9.17) is 9.73 Å². The molecule has 6 nitrogen and oxygen atoms in total. The number of aliphatic imine (C=N–C) groups is 1. The zero-order valence-electron chi connectivity index (χ0n) is 24.3. The van der Waals surface area contributed by atoms with Gasteiger partial charge in [-0.25, -0.2) is 15.0 Å². The van der Waals surface area contributed by atoms with Gasteiger partial charge in [0.2, 0.25) is 0 Å². The van der Waals surface area contributed by atoms with Crippen molar-refractivity contribution in [3.63, 3.8) is 0 Å². The maximum atomic E-state index is 12.3. The molecule has 3 aromatic rings. The molecule has 0 saturated heterocycles. The summed E-state index contributed by atoms with van der Waals surface area (Å²) in [6.07, 6.45) is 5.45. The second-order valence-corrected chi connectivity index (χ2v) is 11.1. The van der Waals surface area contributed by atoms with Gasteiger partial charge in [0.1, 0.15) is 5.75 Å². The van der Waals surface area contributed by atoms with Crippen LogP contribution >= 0.6 is 0 Å². The van der Waals surface area contributed by atoms with E-state index in [9.17, 15) is 10.2 Å². The smallest absolute Gasteiger partial charge is 0.873 e. The molecule has 0 atom stereocenters. The van der Waals surface area contributed by atoms with E-state index in [0.717, 1.165) is 24.2 Å². The molecule has 0 fully saturated rings. The molecular formula is C31H41N3NiO3. The number of methoxy groups -OCH3 is 1. The second-order valence-electron chi connectivity index (χ2n) is 11.1. The summed E-state index contributed by atoms with van der Waals surface area (Å²) in [5.41, 5.74) is 4.69. The minimum absolute atomic E-state index is 0. The van der Waals surface area contributed by atoms with E-state index < -0.39 is 16.9 Å². The van der Waals surface area contributed by atoms with Crippen LogP contribution in [0.5, 0.6) is 17.2 Å². The van der Waals surface area contributed by atoms with Crippen molar-refractivity contribution >= 4 is 11.4 Å². The van der Waals surface area contributed by atoms with Crippen LogP contribution in [0.1, 0.15) is 90.4 Å². The van der Waals surface area contributed by atoms with Gasteiger partial charge in [-0.2, -0.15) is 0 Å². The minimum Gasteiger partial charge on any atom is -0.873 e. The topological polar surface area (TPSA) is 93.5 Å². The van der Waals surface area contributed by atoms with Gasteiger partial charge in [0, 0.05) is 12.4 Å². The summed E-state index contributed by atoms with van der Waals surface area (Å²) in [7, 11) is 1.53. The monoisotopic (exact) mass is 561 g/mol. The summed E-state index contributed by atoms with van der Waals surface area (Å²) in [6.45, 7) is 17.7. The molecule has 0 saturated carbocycles. The summed E-state index contributed by atoms with van der Waals surface area (Å²) in [4.78, 5) is 13.3. The van der Waals surface area contributed by atoms with Gasteiger partial charge in [-0.15, -0.1) is 11.5 Å². The third-order valence-corrected chi connectivity index (χ3v) is 6.11. The van der Waals surface area contributed by atoms with E-state index in [-0.39, 0.29) is 21.9 Å². The van der Waals surface area contributed by atoms with Crippen molar-refractivity contribution in [2.24, 2.45) is 4.99 Å². The van der Waals surface area contributed by atoms with Gasteiger partial charge in [-0.05, 0) is 65.0 Å². The van der Waals surface area contributed by atoms with Crippen molar-refractivity contribution < 1.29 is 31.4 Å². The molecule has 38 heavy (non-hydrogen) atoms. The molecule has 1 heterocycles. The van der Waals surface area contributed by atoms with Crippen LogP contribution in [0.2, 0.25) is 0 Å². The predicted molar refractivity (Wildman–Crippen MR) is 148 cm³/mol. The minimum atomic E-state index is -0.438. The molecular weight excluding hydrogens is 521 g/mol. The van der Waals surface area contributed by atoms with Crippen molar-refractivity contribution in [2.75, 3.05) is 7.11 Å². The average molecular weight is 562 g/mol. The fraction of sp³-hybridized carbons (Fsp3) is 0.452. The number of rotatable bonds is 5. The van der Waals surface area contributed by atoms with Crippen molar-refractivity contribution in [1.82, 2.24) is 9.97 Å². The largest absolute Gasteiger partial charge is 2.00 e. The number of nitrogens with zero attached hydrogens (tertiary/aromatic N) is 3. The van der Waals surface area contributed by atoms with Gasteiger partial charge in [0.25, 0.3) is 0 Å². The number of aromatic nitrogens is 2. The van der Waals surface area contributed by atoms with Crippen LogP contribution in [-0.2, 0) is 40.2 Å². The van der Waals surface area contributed by atoms with Gasteiger partial charge in [0.15, 0.2) is 5.82 Å². The molecule has 0 spiro atoms. The van der Waals surface area contributed by atoms with Crippen LogP contribution in [0, 0.1) is 0 Å². The first kappa shape index (κ1) is 33.1. The Morgan fingerprint density at radius 3 is 1.82 bits per heavy atom. The van der Waals surface area contributed by atoms with Crippen LogP contribution < -0.4 is 14.9 Å². The normalized spacial score (nSPS) is 11.8. The van der Waals surface area contributed by atoms with Crippen LogP contribution in [-0.4, -0.2) is 22.8 Å². The van der Waals surface area contributed by atoms with E-state index in [1.807, 2.05) is 54.5 Å². The second kappa shape index (κ2) is 13.8. The molecule has 0 aliphatic heterocycles. The molecule has 1 aromatic heterocycles. The summed E-state index contributed by atoms with van der Waals surface area (Å²) in [5.74, 6) is 0.354. The van der Waals surface area contributed by atoms with E-state index >= 15 is 0 Å². The first-order valence-corrected chi connectivity index (χ1v) is 12.8. The standard InChI is InChI=1S/C16H19N3.C15H24O3.Ni/c1-4-13-8-6-9-14(5-2)15(13)19-12(3)16-17-10-7-11-18-16;1-14(2,3)9-8-10(18-7)11(15(4,5)6)13(17)12(9)16;/h6-11H,4-5H2,1-3H3;8,16-17H,1-7H3;/q;;+2/p-2. The molecule has 2 aromatic carbocycles. The summed E-state index contributed by atoms with van der Waals surface area (Å²) in [5, 5.41) is 24.5. The fourth-order valence-electron chi connectivity index (χ4n) is 4.11. The van der Waals surface area contributed by atoms with Crippen molar-refractivity contribution in [2.45, 2.75) is 86.0 Å². The van der Waals surface area contributed by atoms with E-state index in [2.05, 4.69) is 42.0 Å². The van der Waals surface area contributed by atoms with Gasteiger partial charge in [-0.1, -0.05) is 73.6 Å². The number of aryl methyl sites for hydroxylation is 2. The summed E-state index contributed by atoms with van der Waals surface area (Å²) < 4.78 is 5.30. The van der Waals surface area contributed by atoms with Crippen LogP contribution in [0.3, 0.4) is 0 Å². The molecule has 0 radical (unpaired) electrons. The molecule has 7 heteroatoms. The number of para-hydroxylation sites is 1. The van der Waals surface area contributed by atoms with Gasteiger partial charge < -0.3 is 14.9 Å². The van der Waals surface area contributed by atoms with Gasteiger partial charge in [0.05, 0.1) is 18.5 Å². The molecule has 3 rings (SSSR count). The number of hydrogen-bond acceptors (Lipinski definition) is 6. The van der Waals surface area contributed by atoms with Crippen molar-refractivity contribution in [1.29, 1.82) is 0 Å². The number of hydrogen-bond donors (Lipinski definition) is 0. The zero-order chi connectivity index (χ0) is 28.0. The third kappa shape index (κ3) is 8.04. The Bertz CT molecular complexity index is 1210. The van der Waals surface area contributed by atoms with Crippen molar-refractivity contribution in [3.8, 4) is 17.2 Å². The maximum absolute atomic E-state index is 12.3. The molecule has 0 aliphatic carbocycles. The molecule has 0 N–H and O–H groups in total. The van der Waals surface area contributed by atoms with Crippen LogP contribution in [0.15, 0.2) is 47.7 Å². The Labute approximate surface area is 238 Å². The van der Waals surface area contributed by atoms with E-state index in [0.29, 0.717) is 22.7 Å². The molecule has 0 amide bonds. The Kier molecular flexibility index (Phi) is 12.0. The Hall–Kier alpha value is -2.92. The SMILES string of the molecule is CCc1cccc(CC)c1N=C(C)c1ncccn1.COc1cc(C(C)(C)C)c([O-])c([O-])c1C(C)(C)C.[Ni+2]. The molecule has 0 aliphatic rings. The third-order valence-electron chi connectivity index (χ3n) is 6.11. The van der Waals surface area contributed by atoms with Crippen LogP contribution in [0.4, 0.5) is 5.69 Å². The zero-order valence-corrected chi connectivity index (χ0v) is 25.3. The first-order valence-electron chi connectivity index (χ1n) is 12.8. The Morgan fingerprint density at radius 2 is 1.39 bits per heavy atom. The first-order chi connectivity index (χ1) is 17.3. The van der Waals surface area contributed by atoms with Crippen molar-refractivity contribution in [3.05, 3.63) is 70.8 Å². The Balaban J connectivity index is 0.000000371. The Morgan fingerprint density at radius 1 is 0.868 bits per heavy atom. The number of ether oxygens (including phenoxy) is 1. The molecule has 0 unspecified atom stereocenters. The quantitative estimate of drug-likeness (QED) is 0.274.